The fourth-order valence-electron chi connectivity index (χ4n) is 3.03. The van der Waals surface area contributed by atoms with Gasteiger partial charge in [0.05, 0.1) is 11.5 Å². The number of piperazine rings is 1. The van der Waals surface area contributed by atoms with E-state index in [9.17, 15) is 9.18 Å². The molecule has 1 atom stereocenters. The summed E-state index contributed by atoms with van der Waals surface area (Å²) >= 11 is 0. The highest BCUT2D eigenvalue weighted by atomic mass is 19.1. The number of hydrogen-bond donors (Lipinski definition) is 2. The van der Waals surface area contributed by atoms with E-state index in [1.165, 1.54) is 12.1 Å². The van der Waals surface area contributed by atoms with Gasteiger partial charge in [-0.1, -0.05) is 6.92 Å². The lowest BCUT2D eigenvalue weighted by atomic mass is 9.91. The van der Waals surface area contributed by atoms with Gasteiger partial charge < -0.3 is 20.9 Å². The third-order valence-electron chi connectivity index (χ3n) is 5.09. The number of likely N-dealkylation sites (N-methyl/N-ethyl adjacent to an activating group) is 1. The maximum atomic E-state index is 13.9. The van der Waals surface area contributed by atoms with Crippen molar-refractivity contribution in [3.63, 3.8) is 0 Å². The highest BCUT2D eigenvalue weighted by Gasteiger charge is 2.28. The second-order valence-corrected chi connectivity index (χ2v) is 7.41. The van der Waals surface area contributed by atoms with Gasteiger partial charge in [-0.25, -0.2) is 4.39 Å². The number of benzene rings is 1. The SMILES string of the molecule is CCN1CCN(c2ccc(F)cc2C(C)NC(=O)C(C)(C)CN)CC1. The zero-order valence-electron chi connectivity index (χ0n) is 15.8. The summed E-state index contributed by atoms with van der Waals surface area (Å²) < 4.78 is 13.9. The molecule has 0 bridgehead atoms. The fraction of sp³-hybridized carbons (Fsp3) is 0.632. The van der Waals surface area contributed by atoms with E-state index in [0.29, 0.717) is 0 Å². The summed E-state index contributed by atoms with van der Waals surface area (Å²) in [7, 11) is 0. The molecule has 3 N–H and O–H groups in total. The van der Waals surface area contributed by atoms with Crippen LogP contribution in [0.3, 0.4) is 0 Å². The van der Waals surface area contributed by atoms with Crippen molar-refractivity contribution in [3.8, 4) is 0 Å². The Labute approximate surface area is 150 Å². The fourth-order valence-corrected chi connectivity index (χ4v) is 3.03. The van der Waals surface area contributed by atoms with Crippen LogP contribution in [0.15, 0.2) is 18.2 Å². The zero-order chi connectivity index (χ0) is 18.6. The summed E-state index contributed by atoms with van der Waals surface area (Å²) in [6.45, 7) is 12.8. The molecular weight excluding hydrogens is 319 g/mol. The summed E-state index contributed by atoms with van der Waals surface area (Å²) in [6, 6.07) is 4.56. The van der Waals surface area contributed by atoms with Crippen LogP contribution in [0.4, 0.5) is 10.1 Å². The van der Waals surface area contributed by atoms with Crippen LogP contribution in [0.25, 0.3) is 0 Å². The Bertz CT molecular complexity index is 597. The Morgan fingerprint density at radius 3 is 2.52 bits per heavy atom. The molecule has 1 aliphatic rings. The van der Waals surface area contributed by atoms with E-state index in [2.05, 4.69) is 22.0 Å². The number of carbonyl (C=O) groups excluding carboxylic acids is 1. The normalized spacial score (nSPS) is 17.4. The van der Waals surface area contributed by atoms with E-state index in [1.54, 1.807) is 0 Å². The Morgan fingerprint density at radius 1 is 1.32 bits per heavy atom. The van der Waals surface area contributed by atoms with Crippen molar-refractivity contribution in [1.29, 1.82) is 0 Å². The number of anilines is 1. The molecule has 1 aromatic rings. The van der Waals surface area contributed by atoms with Crippen molar-refractivity contribution in [3.05, 3.63) is 29.6 Å². The molecule has 1 amide bonds. The van der Waals surface area contributed by atoms with Gasteiger partial charge in [0.15, 0.2) is 0 Å². The van der Waals surface area contributed by atoms with Crippen LogP contribution < -0.4 is 16.0 Å². The number of rotatable bonds is 6. The first kappa shape index (κ1) is 19.7. The zero-order valence-corrected chi connectivity index (χ0v) is 15.8. The van der Waals surface area contributed by atoms with E-state index < -0.39 is 5.41 Å². The van der Waals surface area contributed by atoms with Gasteiger partial charge in [0.25, 0.3) is 0 Å². The van der Waals surface area contributed by atoms with E-state index in [0.717, 1.165) is 44.0 Å². The second-order valence-electron chi connectivity index (χ2n) is 7.41. The summed E-state index contributed by atoms with van der Waals surface area (Å²) in [6.07, 6.45) is 0. The highest BCUT2D eigenvalue weighted by molar-refractivity contribution is 5.82. The first-order valence-corrected chi connectivity index (χ1v) is 9.06. The summed E-state index contributed by atoms with van der Waals surface area (Å²) in [5.41, 5.74) is 6.85. The molecule has 0 aromatic heterocycles. The van der Waals surface area contributed by atoms with E-state index in [1.807, 2.05) is 26.8 Å². The Morgan fingerprint density at radius 2 is 1.96 bits per heavy atom. The lowest BCUT2D eigenvalue weighted by molar-refractivity contribution is -0.129. The molecule has 1 saturated heterocycles. The molecule has 1 fully saturated rings. The third-order valence-corrected chi connectivity index (χ3v) is 5.09. The van der Waals surface area contributed by atoms with Crippen molar-refractivity contribution in [1.82, 2.24) is 10.2 Å². The number of nitrogens with two attached hydrogens (primary N) is 1. The number of carbonyl (C=O) groups is 1. The van der Waals surface area contributed by atoms with Crippen molar-refractivity contribution in [2.45, 2.75) is 33.7 Å². The predicted octanol–water partition coefficient (Wildman–Crippen LogP) is 2.13. The van der Waals surface area contributed by atoms with Crippen LogP contribution in [-0.2, 0) is 4.79 Å². The minimum absolute atomic E-state index is 0.117. The van der Waals surface area contributed by atoms with Crippen molar-refractivity contribution in [2.24, 2.45) is 11.1 Å². The molecule has 1 aliphatic heterocycles. The van der Waals surface area contributed by atoms with Gasteiger partial charge in [0.1, 0.15) is 5.82 Å². The molecule has 5 nitrogen and oxygen atoms in total. The molecule has 0 spiro atoms. The largest absolute Gasteiger partial charge is 0.369 e. The lowest BCUT2D eigenvalue weighted by Crippen LogP contribution is -2.47. The van der Waals surface area contributed by atoms with Crippen LogP contribution in [0.1, 0.15) is 39.3 Å². The maximum absolute atomic E-state index is 13.9. The Balaban J connectivity index is 2.19. The molecule has 25 heavy (non-hydrogen) atoms. The third kappa shape index (κ3) is 4.70. The smallest absolute Gasteiger partial charge is 0.227 e. The molecule has 2 rings (SSSR count). The van der Waals surface area contributed by atoms with Gasteiger partial charge in [-0.15, -0.1) is 0 Å². The predicted molar refractivity (Wildman–Crippen MR) is 100 cm³/mol. The molecule has 6 heteroatoms. The molecule has 1 unspecified atom stereocenters. The molecule has 0 aliphatic carbocycles. The number of amides is 1. The van der Waals surface area contributed by atoms with Crippen molar-refractivity contribution < 1.29 is 9.18 Å². The van der Waals surface area contributed by atoms with E-state index >= 15 is 0 Å². The second kappa shape index (κ2) is 8.15. The van der Waals surface area contributed by atoms with Crippen LogP contribution >= 0.6 is 0 Å². The maximum Gasteiger partial charge on any atom is 0.227 e. The molecule has 140 valence electrons. The van der Waals surface area contributed by atoms with Crippen LogP contribution in [0.2, 0.25) is 0 Å². The summed E-state index contributed by atoms with van der Waals surface area (Å²) in [5, 5.41) is 2.99. The van der Waals surface area contributed by atoms with Gasteiger partial charge in [-0.3, -0.25) is 4.79 Å². The molecule has 1 heterocycles. The standard InChI is InChI=1S/C19H31FN4O/c1-5-23-8-10-24(11-9-23)17-7-6-15(20)12-16(17)14(2)22-18(25)19(3,4)13-21/h6-7,12,14H,5,8-11,13,21H2,1-4H3,(H,22,25). The van der Waals surface area contributed by atoms with Crippen molar-refractivity contribution in [2.75, 3.05) is 44.2 Å². The lowest BCUT2D eigenvalue weighted by Gasteiger charge is -2.37. The average Bonchev–Trinajstić information content (AvgIpc) is 2.61. The number of halogens is 1. The number of nitrogens with one attached hydrogen (secondary N) is 1. The van der Waals surface area contributed by atoms with Gasteiger partial charge in [0, 0.05) is 44.0 Å². The first-order chi connectivity index (χ1) is 11.8. The number of hydrogen-bond acceptors (Lipinski definition) is 4. The summed E-state index contributed by atoms with van der Waals surface area (Å²) in [5.74, 6) is -0.404. The van der Waals surface area contributed by atoms with Gasteiger partial charge >= 0.3 is 0 Å². The minimum atomic E-state index is -0.644. The van der Waals surface area contributed by atoms with Crippen LogP contribution in [0, 0.1) is 11.2 Å². The van der Waals surface area contributed by atoms with E-state index in [4.69, 9.17) is 5.73 Å². The molecule has 0 radical (unpaired) electrons. The number of nitrogens with zero attached hydrogens (tertiary/aromatic N) is 2. The van der Waals surface area contributed by atoms with Gasteiger partial charge in [-0.2, -0.15) is 0 Å². The Hall–Kier alpha value is -1.66. The van der Waals surface area contributed by atoms with Crippen molar-refractivity contribution >= 4 is 11.6 Å². The monoisotopic (exact) mass is 350 g/mol. The van der Waals surface area contributed by atoms with E-state index in [-0.39, 0.29) is 24.3 Å². The van der Waals surface area contributed by atoms with Gasteiger partial charge in [-0.05, 0) is 45.5 Å². The van der Waals surface area contributed by atoms with Gasteiger partial charge in [0.2, 0.25) is 5.91 Å². The van der Waals surface area contributed by atoms with Crippen LogP contribution in [0.5, 0.6) is 0 Å². The van der Waals surface area contributed by atoms with Crippen LogP contribution in [-0.4, -0.2) is 50.1 Å². The topological polar surface area (TPSA) is 61.6 Å². The Kier molecular flexibility index (Phi) is 6.41. The molecule has 1 aromatic carbocycles. The highest BCUT2D eigenvalue weighted by Crippen LogP contribution is 2.29. The molecule has 0 saturated carbocycles. The minimum Gasteiger partial charge on any atom is -0.369 e. The average molecular weight is 350 g/mol. The molecular formula is C19H31FN4O. The first-order valence-electron chi connectivity index (χ1n) is 9.06. The quantitative estimate of drug-likeness (QED) is 0.825. The summed E-state index contributed by atoms with van der Waals surface area (Å²) in [4.78, 5) is 17.1.